The number of rotatable bonds is 2. The Hall–Kier alpha value is -1.79. The van der Waals surface area contributed by atoms with Gasteiger partial charge in [-0.15, -0.1) is 0 Å². The van der Waals surface area contributed by atoms with Crippen LogP contribution in [0.4, 0.5) is 6.01 Å². The molecule has 2 aliphatic heterocycles. The molecular weight excluding hydrogens is 306 g/mol. The van der Waals surface area contributed by atoms with Gasteiger partial charge in [-0.05, 0) is 12.1 Å². The first kappa shape index (κ1) is 13.8. The predicted molar refractivity (Wildman–Crippen MR) is 82.1 cm³/mol. The number of hydrogen-bond donors (Lipinski definition) is 0. The summed E-state index contributed by atoms with van der Waals surface area (Å²) in [6.07, 6.45) is 0. The van der Waals surface area contributed by atoms with Gasteiger partial charge in [0.15, 0.2) is 5.58 Å². The summed E-state index contributed by atoms with van der Waals surface area (Å²) in [5.74, 6) is 0.232. The molecule has 2 fully saturated rings. The average molecular weight is 322 g/mol. The number of fused-ring (bicyclic) bond motifs is 1. The van der Waals surface area contributed by atoms with Crippen molar-refractivity contribution in [2.45, 2.75) is 0 Å². The summed E-state index contributed by atoms with van der Waals surface area (Å²) in [7, 11) is 0. The lowest BCUT2D eigenvalue weighted by atomic mass is 9.99. The molecule has 0 spiro atoms. The number of aromatic nitrogens is 1. The number of oxazole rings is 1. The van der Waals surface area contributed by atoms with E-state index in [-0.39, 0.29) is 11.8 Å². The number of anilines is 1. The van der Waals surface area contributed by atoms with Gasteiger partial charge in [0.1, 0.15) is 5.52 Å². The van der Waals surface area contributed by atoms with Crippen LogP contribution < -0.4 is 4.90 Å². The maximum Gasteiger partial charge on any atom is 0.298 e. The van der Waals surface area contributed by atoms with Crippen LogP contribution in [-0.4, -0.2) is 55.2 Å². The van der Waals surface area contributed by atoms with E-state index in [0.717, 1.165) is 5.52 Å². The van der Waals surface area contributed by atoms with Crippen LogP contribution in [0.1, 0.15) is 0 Å². The van der Waals surface area contributed by atoms with Gasteiger partial charge in [-0.25, -0.2) is 0 Å². The topological polar surface area (TPSA) is 58.8 Å². The summed E-state index contributed by atoms with van der Waals surface area (Å²) < 4.78 is 11.0. The van der Waals surface area contributed by atoms with Gasteiger partial charge in [0.25, 0.3) is 6.01 Å². The van der Waals surface area contributed by atoms with E-state index in [1.807, 2.05) is 15.9 Å². The summed E-state index contributed by atoms with van der Waals surface area (Å²) in [4.78, 5) is 20.7. The van der Waals surface area contributed by atoms with Crippen molar-refractivity contribution < 1.29 is 13.9 Å². The zero-order chi connectivity index (χ0) is 15.1. The van der Waals surface area contributed by atoms with Crippen molar-refractivity contribution in [3.63, 3.8) is 0 Å². The molecule has 1 amide bonds. The third-order valence-electron chi connectivity index (χ3n) is 4.16. The molecule has 0 radical (unpaired) electrons. The van der Waals surface area contributed by atoms with Crippen molar-refractivity contribution in [3.8, 4) is 0 Å². The van der Waals surface area contributed by atoms with Gasteiger partial charge >= 0.3 is 0 Å². The Kier molecular flexibility index (Phi) is 3.43. The fourth-order valence-corrected chi connectivity index (χ4v) is 3.02. The Balaban J connectivity index is 1.42. The second-order valence-electron chi connectivity index (χ2n) is 5.65. The van der Waals surface area contributed by atoms with Crippen LogP contribution in [0.2, 0.25) is 5.02 Å². The lowest BCUT2D eigenvalue weighted by molar-refractivity contribution is -0.140. The van der Waals surface area contributed by atoms with E-state index in [1.54, 1.807) is 12.1 Å². The van der Waals surface area contributed by atoms with Crippen molar-refractivity contribution in [1.82, 2.24) is 9.88 Å². The van der Waals surface area contributed by atoms with Crippen LogP contribution >= 0.6 is 11.6 Å². The summed E-state index contributed by atoms with van der Waals surface area (Å²) in [6.45, 7) is 3.95. The molecule has 6 nitrogen and oxygen atoms in total. The highest BCUT2D eigenvalue weighted by Gasteiger charge is 2.37. The third-order valence-corrected chi connectivity index (χ3v) is 4.40. The van der Waals surface area contributed by atoms with Crippen LogP contribution in [0, 0.1) is 5.92 Å². The van der Waals surface area contributed by atoms with Crippen LogP contribution in [0.3, 0.4) is 0 Å². The van der Waals surface area contributed by atoms with Crippen molar-refractivity contribution in [3.05, 3.63) is 23.2 Å². The first-order chi connectivity index (χ1) is 10.7. The van der Waals surface area contributed by atoms with E-state index in [4.69, 9.17) is 20.8 Å². The number of amides is 1. The summed E-state index contributed by atoms with van der Waals surface area (Å²) in [5, 5.41) is 0.624. The highest BCUT2D eigenvalue weighted by Crippen LogP contribution is 2.29. The first-order valence-electron chi connectivity index (χ1n) is 7.38. The second-order valence-corrected chi connectivity index (χ2v) is 6.08. The highest BCUT2D eigenvalue weighted by atomic mass is 35.5. The predicted octanol–water partition coefficient (Wildman–Crippen LogP) is 1.78. The molecule has 0 unspecified atom stereocenters. The quantitative estimate of drug-likeness (QED) is 0.844. The van der Waals surface area contributed by atoms with Crippen LogP contribution in [0.5, 0.6) is 0 Å². The van der Waals surface area contributed by atoms with Gasteiger partial charge < -0.3 is 19.0 Å². The summed E-state index contributed by atoms with van der Waals surface area (Å²) >= 11 is 5.94. The van der Waals surface area contributed by atoms with Gasteiger partial charge in [0.2, 0.25) is 5.91 Å². The smallest absolute Gasteiger partial charge is 0.298 e. The number of carbonyl (C=O) groups is 1. The minimum atomic E-state index is 0.0247. The normalized spacial score (nSPS) is 19.5. The average Bonchev–Trinajstić information content (AvgIpc) is 2.89. The molecule has 0 atom stereocenters. The monoisotopic (exact) mass is 321 g/mol. The number of nitrogens with zero attached hydrogens (tertiary/aromatic N) is 3. The molecule has 2 aromatic rings. The number of ether oxygens (including phenoxy) is 1. The van der Waals surface area contributed by atoms with E-state index in [9.17, 15) is 4.79 Å². The van der Waals surface area contributed by atoms with Gasteiger partial charge in [-0.3, -0.25) is 4.79 Å². The SMILES string of the molecule is O=C(C1CN(c2nc3ccc(Cl)cc3o2)C1)N1CCOCC1. The van der Waals surface area contributed by atoms with Crippen LogP contribution in [-0.2, 0) is 9.53 Å². The fraction of sp³-hybridized carbons (Fsp3) is 0.467. The fourth-order valence-electron chi connectivity index (χ4n) is 2.85. The maximum absolute atomic E-state index is 12.3. The molecule has 3 heterocycles. The maximum atomic E-state index is 12.3. The number of morpholine rings is 1. The Morgan fingerprint density at radius 1 is 1.27 bits per heavy atom. The minimum Gasteiger partial charge on any atom is -0.423 e. The van der Waals surface area contributed by atoms with Crippen molar-refractivity contribution in [2.24, 2.45) is 5.92 Å². The van der Waals surface area contributed by atoms with Crippen LogP contribution in [0.25, 0.3) is 11.1 Å². The van der Waals surface area contributed by atoms with Crippen LogP contribution in [0.15, 0.2) is 22.6 Å². The lowest BCUT2D eigenvalue weighted by Gasteiger charge is -2.40. The van der Waals surface area contributed by atoms with Crippen molar-refractivity contribution in [2.75, 3.05) is 44.3 Å². The highest BCUT2D eigenvalue weighted by molar-refractivity contribution is 6.31. The number of halogens is 1. The van der Waals surface area contributed by atoms with Crippen molar-refractivity contribution >= 4 is 34.6 Å². The molecule has 4 rings (SSSR count). The zero-order valence-corrected chi connectivity index (χ0v) is 12.8. The van der Waals surface area contributed by atoms with Crippen molar-refractivity contribution in [1.29, 1.82) is 0 Å². The van der Waals surface area contributed by atoms with Gasteiger partial charge in [-0.2, -0.15) is 4.98 Å². The number of hydrogen-bond acceptors (Lipinski definition) is 5. The largest absolute Gasteiger partial charge is 0.423 e. The summed E-state index contributed by atoms with van der Waals surface area (Å²) in [6, 6.07) is 5.94. The molecular formula is C15H16ClN3O3. The molecule has 0 N–H and O–H groups in total. The van der Waals surface area contributed by atoms with E-state index < -0.39 is 0 Å². The summed E-state index contributed by atoms with van der Waals surface area (Å²) in [5.41, 5.74) is 1.45. The molecule has 1 aromatic heterocycles. The molecule has 116 valence electrons. The molecule has 22 heavy (non-hydrogen) atoms. The minimum absolute atomic E-state index is 0.0247. The molecule has 2 saturated heterocycles. The zero-order valence-electron chi connectivity index (χ0n) is 12.0. The van der Waals surface area contributed by atoms with E-state index >= 15 is 0 Å². The van der Waals surface area contributed by atoms with E-state index in [2.05, 4.69) is 4.98 Å². The second kappa shape index (κ2) is 5.44. The Labute approximate surface area is 132 Å². The number of carbonyl (C=O) groups excluding carboxylic acids is 1. The Morgan fingerprint density at radius 3 is 2.82 bits per heavy atom. The Bertz CT molecular complexity index is 705. The molecule has 0 saturated carbocycles. The molecule has 0 aliphatic carbocycles. The molecule has 1 aromatic carbocycles. The molecule has 2 aliphatic rings. The number of benzene rings is 1. The van der Waals surface area contributed by atoms with E-state index in [1.165, 1.54) is 0 Å². The third kappa shape index (κ3) is 2.42. The molecule has 0 bridgehead atoms. The lowest BCUT2D eigenvalue weighted by Crippen LogP contribution is -2.56. The first-order valence-corrected chi connectivity index (χ1v) is 7.76. The van der Waals surface area contributed by atoms with Gasteiger partial charge in [-0.1, -0.05) is 11.6 Å². The standard InChI is InChI=1S/C15H16ClN3O3/c16-11-1-2-12-13(7-11)22-15(17-12)19-8-10(9-19)14(20)18-3-5-21-6-4-18/h1-2,7,10H,3-6,8-9H2. The van der Waals surface area contributed by atoms with Gasteiger partial charge in [0.05, 0.1) is 19.1 Å². The Morgan fingerprint density at radius 2 is 2.05 bits per heavy atom. The molecule has 7 heteroatoms. The van der Waals surface area contributed by atoms with Gasteiger partial charge in [0, 0.05) is 37.3 Å². The van der Waals surface area contributed by atoms with E-state index in [0.29, 0.717) is 56.0 Å².